The van der Waals surface area contributed by atoms with E-state index in [4.69, 9.17) is 16.6 Å². The van der Waals surface area contributed by atoms with Crippen LogP contribution in [0.1, 0.15) is 18.9 Å². The largest absolute Gasteiger partial charge is 0.313 e. The first-order chi connectivity index (χ1) is 11.2. The third-order valence-electron chi connectivity index (χ3n) is 3.86. The Morgan fingerprint density at radius 3 is 2.52 bits per heavy atom. The lowest BCUT2D eigenvalue weighted by Crippen LogP contribution is -2.14. The summed E-state index contributed by atoms with van der Waals surface area (Å²) in [6, 6.07) is 16.7. The second kappa shape index (κ2) is 6.27. The number of halogens is 2. The fourth-order valence-corrected chi connectivity index (χ4v) is 3.99. The van der Waals surface area contributed by atoms with Crippen LogP contribution in [0.5, 0.6) is 0 Å². The Balaban J connectivity index is 1.86. The van der Waals surface area contributed by atoms with Crippen LogP contribution < -0.4 is 4.80 Å². The van der Waals surface area contributed by atoms with E-state index in [2.05, 4.69) is 50.1 Å². The van der Waals surface area contributed by atoms with Crippen LogP contribution in [-0.4, -0.2) is 4.57 Å². The summed E-state index contributed by atoms with van der Waals surface area (Å²) < 4.78 is 3.45. The molecular formula is C18H14BrClN2S. The van der Waals surface area contributed by atoms with Crippen LogP contribution >= 0.6 is 38.9 Å². The predicted octanol–water partition coefficient (Wildman–Crippen LogP) is 6.20. The van der Waals surface area contributed by atoms with Gasteiger partial charge in [0.05, 0.1) is 16.4 Å². The van der Waals surface area contributed by atoms with Crippen LogP contribution in [-0.2, 0) is 0 Å². The van der Waals surface area contributed by atoms with E-state index in [-0.39, 0.29) is 0 Å². The van der Waals surface area contributed by atoms with E-state index in [0.717, 1.165) is 15.0 Å². The van der Waals surface area contributed by atoms with Crippen LogP contribution in [0.3, 0.4) is 0 Å². The smallest absolute Gasteiger partial charge is 0.190 e. The van der Waals surface area contributed by atoms with Crippen molar-refractivity contribution in [3.8, 4) is 11.3 Å². The maximum absolute atomic E-state index is 6.26. The van der Waals surface area contributed by atoms with Gasteiger partial charge in [0.25, 0.3) is 0 Å². The molecule has 1 fully saturated rings. The van der Waals surface area contributed by atoms with Crippen LogP contribution in [0.25, 0.3) is 11.3 Å². The molecule has 0 saturated heterocycles. The van der Waals surface area contributed by atoms with Gasteiger partial charge in [-0.3, -0.25) is 0 Å². The second-order valence-electron chi connectivity index (χ2n) is 5.57. The van der Waals surface area contributed by atoms with Crippen LogP contribution in [0.4, 0.5) is 5.69 Å². The molecule has 0 N–H and O–H groups in total. The van der Waals surface area contributed by atoms with Crippen molar-refractivity contribution in [1.82, 2.24) is 4.57 Å². The van der Waals surface area contributed by atoms with Crippen molar-refractivity contribution in [3.05, 3.63) is 68.2 Å². The Morgan fingerprint density at radius 1 is 1.09 bits per heavy atom. The van der Waals surface area contributed by atoms with Crippen molar-refractivity contribution in [2.45, 2.75) is 18.9 Å². The molecule has 0 atom stereocenters. The zero-order valence-electron chi connectivity index (χ0n) is 12.2. The molecule has 0 amide bonds. The average molecular weight is 406 g/mol. The molecule has 1 heterocycles. The van der Waals surface area contributed by atoms with E-state index >= 15 is 0 Å². The van der Waals surface area contributed by atoms with Crippen molar-refractivity contribution < 1.29 is 0 Å². The minimum absolute atomic E-state index is 0.557. The van der Waals surface area contributed by atoms with E-state index in [1.165, 1.54) is 24.1 Å². The van der Waals surface area contributed by atoms with Gasteiger partial charge in [-0.05, 0) is 42.7 Å². The number of hydrogen-bond donors (Lipinski definition) is 0. The molecule has 1 aliphatic rings. The molecule has 1 aromatic heterocycles. The lowest BCUT2D eigenvalue weighted by molar-refractivity contribution is 0.725. The van der Waals surface area contributed by atoms with Gasteiger partial charge in [0.15, 0.2) is 4.80 Å². The van der Waals surface area contributed by atoms with Crippen molar-refractivity contribution in [2.75, 3.05) is 0 Å². The molecule has 4 rings (SSSR count). The first-order valence-electron chi connectivity index (χ1n) is 7.47. The molecule has 5 heteroatoms. The monoisotopic (exact) mass is 404 g/mol. The highest BCUT2D eigenvalue weighted by atomic mass is 79.9. The Bertz CT molecular complexity index is 907. The zero-order chi connectivity index (χ0) is 15.8. The molecule has 23 heavy (non-hydrogen) atoms. The van der Waals surface area contributed by atoms with Crippen molar-refractivity contribution in [3.63, 3.8) is 0 Å². The molecule has 0 radical (unpaired) electrons. The minimum atomic E-state index is 0.557. The number of rotatable bonds is 3. The van der Waals surface area contributed by atoms with Crippen molar-refractivity contribution >= 4 is 44.6 Å². The number of para-hydroxylation sites is 1. The summed E-state index contributed by atoms with van der Waals surface area (Å²) in [6.07, 6.45) is 2.44. The van der Waals surface area contributed by atoms with E-state index < -0.39 is 0 Å². The molecule has 1 saturated carbocycles. The van der Waals surface area contributed by atoms with Crippen LogP contribution in [0.15, 0.2) is 63.4 Å². The maximum Gasteiger partial charge on any atom is 0.190 e. The first kappa shape index (κ1) is 15.2. The van der Waals surface area contributed by atoms with E-state index in [9.17, 15) is 0 Å². The van der Waals surface area contributed by atoms with Gasteiger partial charge in [0.2, 0.25) is 0 Å². The summed E-state index contributed by atoms with van der Waals surface area (Å²) in [5, 5.41) is 2.88. The average Bonchev–Trinajstić information content (AvgIpc) is 3.31. The first-order valence-corrected chi connectivity index (χ1v) is 9.52. The molecule has 0 spiro atoms. The Hall–Kier alpha value is -1.36. The summed E-state index contributed by atoms with van der Waals surface area (Å²) in [4.78, 5) is 5.82. The zero-order valence-corrected chi connectivity index (χ0v) is 15.4. The quantitative estimate of drug-likeness (QED) is 0.493. The molecular weight excluding hydrogens is 392 g/mol. The van der Waals surface area contributed by atoms with Gasteiger partial charge in [-0.2, -0.15) is 0 Å². The molecule has 116 valence electrons. The standard InChI is InChI=1S/C18H14BrClN2S/c19-13-7-5-12(6-8-13)17-11-23-18(22(17)14-9-10-14)21-16-4-2-1-3-15(16)20/h1-8,11,14H,9-10H2. The molecule has 2 nitrogen and oxygen atoms in total. The van der Waals surface area contributed by atoms with Gasteiger partial charge >= 0.3 is 0 Å². The third kappa shape index (κ3) is 3.16. The van der Waals surface area contributed by atoms with Crippen molar-refractivity contribution in [2.24, 2.45) is 4.99 Å². The number of thiazole rings is 1. The fraction of sp³-hybridized carbons (Fsp3) is 0.167. The molecule has 1 aliphatic carbocycles. The number of benzene rings is 2. The summed E-state index contributed by atoms with van der Waals surface area (Å²) in [7, 11) is 0. The Labute approximate surface area is 152 Å². The fourth-order valence-electron chi connectivity index (χ4n) is 2.56. The molecule has 2 aromatic carbocycles. The van der Waals surface area contributed by atoms with Gasteiger partial charge in [0.1, 0.15) is 0 Å². The Morgan fingerprint density at radius 2 is 1.83 bits per heavy atom. The van der Waals surface area contributed by atoms with Gasteiger partial charge in [-0.25, -0.2) is 4.99 Å². The molecule has 0 aliphatic heterocycles. The number of aromatic nitrogens is 1. The topological polar surface area (TPSA) is 17.3 Å². The lowest BCUT2D eigenvalue weighted by Gasteiger charge is -2.08. The predicted molar refractivity (Wildman–Crippen MR) is 100 cm³/mol. The maximum atomic E-state index is 6.26. The highest BCUT2D eigenvalue weighted by Crippen LogP contribution is 2.38. The highest BCUT2D eigenvalue weighted by Gasteiger charge is 2.27. The summed E-state index contributed by atoms with van der Waals surface area (Å²) in [5.74, 6) is 0. The van der Waals surface area contributed by atoms with Crippen molar-refractivity contribution in [1.29, 1.82) is 0 Å². The normalized spacial score (nSPS) is 15.1. The molecule has 0 bridgehead atoms. The summed E-state index contributed by atoms with van der Waals surface area (Å²) in [6.45, 7) is 0. The second-order valence-corrected chi connectivity index (χ2v) is 7.73. The van der Waals surface area contributed by atoms with Gasteiger partial charge < -0.3 is 4.57 Å². The van der Waals surface area contributed by atoms with Gasteiger partial charge in [-0.15, -0.1) is 11.3 Å². The van der Waals surface area contributed by atoms with E-state index in [0.29, 0.717) is 11.1 Å². The van der Waals surface area contributed by atoms with E-state index in [1.54, 1.807) is 11.3 Å². The third-order valence-corrected chi connectivity index (χ3v) is 5.55. The van der Waals surface area contributed by atoms with Gasteiger partial charge in [-0.1, -0.05) is 51.8 Å². The lowest BCUT2D eigenvalue weighted by atomic mass is 10.2. The number of hydrogen-bond acceptors (Lipinski definition) is 2. The molecule has 0 unspecified atom stereocenters. The van der Waals surface area contributed by atoms with Crippen LogP contribution in [0, 0.1) is 0 Å². The number of nitrogens with zero attached hydrogens (tertiary/aromatic N) is 2. The summed E-state index contributed by atoms with van der Waals surface area (Å²) >= 11 is 11.4. The minimum Gasteiger partial charge on any atom is -0.313 e. The summed E-state index contributed by atoms with van der Waals surface area (Å²) in [5.41, 5.74) is 3.28. The highest BCUT2D eigenvalue weighted by molar-refractivity contribution is 9.10. The van der Waals surface area contributed by atoms with Crippen LogP contribution in [0.2, 0.25) is 5.02 Å². The molecule has 3 aromatic rings. The Kier molecular flexibility index (Phi) is 4.14. The SMILES string of the molecule is Clc1ccccc1N=c1scc(-c2ccc(Br)cc2)n1C1CC1. The van der Waals surface area contributed by atoms with E-state index in [1.807, 2.05) is 24.3 Å². The van der Waals surface area contributed by atoms with Gasteiger partial charge in [0, 0.05) is 15.9 Å².